The largest absolute Gasteiger partial charge is 0.452 e. The Kier molecular flexibility index (Phi) is 4.60. The zero-order valence-corrected chi connectivity index (χ0v) is 14.1. The highest BCUT2D eigenvalue weighted by Gasteiger charge is 2.28. The molecule has 0 fully saturated rings. The van der Waals surface area contributed by atoms with Crippen LogP contribution >= 0.6 is 23.2 Å². The maximum Gasteiger partial charge on any atom is 0.310 e. The number of hydrogen-bond donors (Lipinski definition) is 0. The fraction of sp³-hybridized carbons (Fsp3) is 0.111. The van der Waals surface area contributed by atoms with E-state index >= 15 is 0 Å². The van der Waals surface area contributed by atoms with Crippen LogP contribution in [0.25, 0.3) is 6.08 Å². The number of allylic oxidation sites excluding steroid dienone is 1. The van der Waals surface area contributed by atoms with Gasteiger partial charge in [0, 0.05) is 28.1 Å². The van der Waals surface area contributed by atoms with Crippen molar-refractivity contribution in [1.82, 2.24) is 0 Å². The number of esters is 1. The van der Waals surface area contributed by atoms with Crippen molar-refractivity contribution in [2.45, 2.75) is 13.3 Å². The first kappa shape index (κ1) is 16.6. The molecule has 0 atom stereocenters. The van der Waals surface area contributed by atoms with Crippen molar-refractivity contribution in [3.8, 4) is 11.5 Å². The Morgan fingerprint density at radius 2 is 1.92 bits per heavy atom. The minimum Gasteiger partial charge on any atom is -0.452 e. The molecule has 0 spiro atoms. The number of ketones is 1. The minimum atomic E-state index is -0.363. The van der Waals surface area contributed by atoms with Gasteiger partial charge in [0.1, 0.15) is 11.5 Å². The van der Waals surface area contributed by atoms with Crippen LogP contribution in [0.1, 0.15) is 29.3 Å². The third-order valence-corrected chi connectivity index (χ3v) is 4.10. The monoisotopic (exact) mass is 362 g/mol. The number of ether oxygens (including phenoxy) is 2. The lowest BCUT2D eigenvalue weighted by atomic mass is 10.1. The lowest BCUT2D eigenvalue weighted by Crippen LogP contribution is -2.05. The van der Waals surface area contributed by atoms with E-state index in [0.717, 1.165) is 0 Å². The van der Waals surface area contributed by atoms with Crippen LogP contribution in [0.15, 0.2) is 42.2 Å². The molecule has 0 bridgehead atoms. The normalized spacial score (nSPS) is 14.5. The van der Waals surface area contributed by atoms with E-state index in [0.29, 0.717) is 32.7 Å². The standard InChI is InChI=1S/C18H12Cl2O4/c1-2-17(21)23-10-6-7-11-15(8-10)24-16(18(11)22)9-12-13(19)4-3-5-14(12)20/h3-9H,2H2,1H3. The fourth-order valence-electron chi connectivity index (χ4n) is 2.21. The zero-order valence-electron chi connectivity index (χ0n) is 12.6. The van der Waals surface area contributed by atoms with Gasteiger partial charge in [0.2, 0.25) is 5.78 Å². The molecule has 0 radical (unpaired) electrons. The molecule has 0 aliphatic carbocycles. The summed E-state index contributed by atoms with van der Waals surface area (Å²) in [6, 6.07) is 9.69. The third-order valence-electron chi connectivity index (χ3n) is 3.44. The maximum atomic E-state index is 12.4. The van der Waals surface area contributed by atoms with Gasteiger partial charge in [0.05, 0.1) is 5.56 Å². The predicted molar refractivity (Wildman–Crippen MR) is 91.8 cm³/mol. The number of carbonyl (C=O) groups excluding carboxylic acids is 2. The molecular formula is C18H12Cl2O4. The van der Waals surface area contributed by atoms with Crippen LogP contribution in [-0.2, 0) is 4.79 Å². The lowest BCUT2D eigenvalue weighted by Gasteiger charge is -2.04. The number of carbonyl (C=O) groups is 2. The van der Waals surface area contributed by atoms with Crippen LogP contribution in [0.5, 0.6) is 11.5 Å². The van der Waals surface area contributed by atoms with Gasteiger partial charge in [-0.3, -0.25) is 9.59 Å². The molecule has 122 valence electrons. The van der Waals surface area contributed by atoms with Gasteiger partial charge in [0.15, 0.2) is 5.76 Å². The number of rotatable bonds is 3. The molecule has 0 aromatic heterocycles. The highest BCUT2D eigenvalue weighted by Crippen LogP contribution is 2.36. The van der Waals surface area contributed by atoms with Crippen LogP contribution in [0, 0.1) is 0 Å². The van der Waals surface area contributed by atoms with Crippen LogP contribution in [-0.4, -0.2) is 11.8 Å². The summed E-state index contributed by atoms with van der Waals surface area (Å²) in [5.41, 5.74) is 0.898. The van der Waals surface area contributed by atoms with E-state index < -0.39 is 0 Å². The van der Waals surface area contributed by atoms with Gasteiger partial charge < -0.3 is 9.47 Å². The topological polar surface area (TPSA) is 52.6 Å². The van der Waals surface area contributed by atoms with Gasteiger partial charge in [-0.2, -0.15) is 0 Å². The average molecular weight is 363 g/mol. The molecule has 3 rings (SSSR count). The van der Waals surface area contributed by atoms with Crippen LogP contribution in [0.2, 0.25) is 10.0 Å². The van der Waals surface area contributed by atoms with Crippen LogP contribution in [0.3, 0.4) is 0 Å². The molecule has 6 heteroatoms. The lowest BCUT2D eigenvalue weighted by molar-refractivity contribution is -0.134. The zero-order chi connectivity index (χ0) is 17.3. The summed E-state index contributed by atoms with van der Waals surface area (Å²) in [6.07, 6.45) is 1.76. The summed E-state index contributed by atoms with van der Waals surface area (Å²) in [5.74, 6) is 0.118. The Hall–Kier alpha value is -2.30. The second-order valence-corrected chi connectivity index (χ2v) is 5.88. The number of hydrogen-bond acceptors (Lipinski definition) is 4. The molecule has 24 heavy (non-hydrogen) atoms. The summed E-state index contributed by atoms with van der Waals surface area (Å²) in [5, 5.41) is 0.833. The number of benzene rings is 2. The molecule has 2 aromatic carbocycles. The number of fused-ring (bicyclic) bond motifs is 1. The molecule has 1 aliphatic heterocycles. The molecule has 4 nitrogen and oxygen atoms in total. The van der Waals surface area contributed by atoms with Crippen molar-refractivity contribution >= 4 is 41.0 Å². The highest BCUT2D eigenvalue weighted by atomic mass is 35.5. The van der Waals surface area contributed by atoms with Gasteiger partial charge in [-0.1, -0.05) is 36.2 Å². The Morgan fingerprint density at radius 3 is 2.58 bits per heavy atom. The van der Waals surface area contributed by atoms with Crippen molar-refractivity contribution in [1.29, 1.82) is 0 Å². The highest BCUT2D eigenvalue weighted by molar-refractivity contribution is 6.37. The number of halogens is 2. The summed E-state index contributed by atoms with van der Waals surface area (Å²) in [6.45, 7) is 1.70. The van der Waals surface area contributed by atoms with Crippen molar-refractivity contribution in [2.24, 2.45) is 0 Å². The minimum absolute atomic E-state index is 0.110. The van der Waals surface area contributed by atoms with Gasteiger partial charge in [-0.25, -0.2) is 0 Å². The molecule has 0 N–H and O–H groups in total. The van der Waals surface area contributed by atoms with Crippen molar-refractivity contribution in [2.75, 3.05) is 0 Å². The maximum absolute atomic E-state index is 12.4. The van der Waals surface area contributed by atoms with E-state index in [-0.39, 0.29) is 23.9 Å². The fourth-order valence-corrected chi connectivity index (χ4v) is 2.72. The van der Waals surface area contributed by atoms with E-state index in [1.807, 2.05) is 0 Å². The smallest absolute Gasteiger partial charge is 0.310 e. The quantitative estimate of drug-likeness (QED) is 0.441. The van der Waals surface area contributed by atoms with Crippen LogP contribution in [0.4, 0.5) is 0 Å². The first-order valence-corrected chi connectivity index (χ1v) is 7.98. The second-order valence-electron chi connectivity index (χ2n) is 5.06. The average Bonchev–Trinajstić information content (AvgIpc) is 2.86. The van der Waals surface area contributed by atoms with Crippen molar-refractivity contribution in [3.05, 3.63) is 63.3 Å². The Labute approximate surface area is 148 Å². The van der Waals surface area contributed by atoms with E-state index in [1.165, 1.54) is 12.1 Å². The van der Waals surface area contributed by atoms with Crippen molar-refractivity contribution in [3.63, 3.8) is 0 Å². The summed E-state index contributed by atoms with van der Waals surface area (Å²) < 4.78 is 10.7. The summed E-state index contributed by atoms with van der Waals surface area (Å²) in [7, 11) is 0. The predicted octanol–water partition coefficient (Wildman–Crippen LogP) is 4.93. The molecule has 1 heterocycles. The van der Waals surface area contributed by atoms with Gasteiger partial charge in [-0.15, -0.1) is 0 Å². The SMILES string of the molecule is CCC(=O)Oc1ccc2c(c1)OC(=Cc1c(Cl)cccc1Cl)C2=O. The first-order valence-electron chi connectivity index (χ1n) is 7.22. The summed E-state index contributed by atoms with van der Waals surface area (Å²) in [4.78, 5) is 23.8. The first-order chi connectivity index (χ1) is 11.5. The molecule has 0 saturated heterocycles. The van der Waals surface area contributed by atoms with Gasteiger partial charge >= 0.3 is 5.97 Å². The Morgan fingerprint density at radius 1 is 1.21 bits per heavy atom. The Balaban J connectivity index is 1.93. The summed E-state index contributed by atoms with van der Waals surface area (Å²) >= 11 is 12.2. The van der Waals surface area contributed by atoms with Crippen LogP contribution < -0.4 is 9.47 Å². The number of Topliss-reactive ketones (excluding diaryl/α,β-unsaturated/α-hetero) is 1. The van der Waals surface area contributed by atoms with Gasteiger partial charge in [0.25, 0.3) is 0 Å². The molecular weight excluding hydrogens is 351 g/mol. The molecule has 2 aromatic rings. The third kappa shape index (κ3) is 3.16. The van der Waals surface area contributed by atoms with E-state index in [9.17, 15) is 9.59 Å². The molecule has 0 unspecified atom stereocenters. The van der Waals surface area contributed by atoms with E-state index in [2.05, 4.69) is 0 Å². The molecule has 0 amide bonds. The van der Waals surface area contributed by atoms with E-state index in [1.54, 1.807) is 37.3 Å². The molecule has 1 aliphatic rings. The van der Waals surface area contributed by atoms with Gasteiger partial charge in [-0.05, 0) is 30.3 Å². The Bertz CT molecular complexity index is 851. The van der Waals surface area contributed by atoms with E-state index in [4.69, 9.17) is 32.7 Å². The second kappa shape index (κ2) is 6.67. The molecule has 0 saturated carbocycles. The van der Waals surface area contributed by atoms with Crippen molar-refractivity contribution < 1.29 is 19.1 Å².